The van der Waals surface area contributed by atoms with Crippen LogP contribution in [0.5, 0.6) is 0 Å². The number of carbonyl (C=O) groups excluding carboxylic acids is 1. The Kier molecular flexibility index (Phi) is 9.52. The molecule has 1 amide bonds. The quantitative estimate of drug-likeness (QED) is 0.587. The van der Waals surface area contributed by atoms with Gasteiger partial charge in [-0.3, -0.25) is 4.79 Å². The van der Waals surface area contributed by atoms with Crippen LogP contribution in [-0.4, -0.2) is 49.8 Å². The number of amides is 1. The number of aliphatic hydroxyl groups is 1. The highest BCUT2D eigenvalue weighted by molar-refractivity contribution is 5.75. The molecule has 0 saturated heterocycles. The molecule has 0 aromatic heterocycles. The molecule has 90 valence electrons. The van der Waals surface area contributed by atoms with E-state index in [0.29, 0.717) is 13.0 Å². The summed E-state index contributed by atoms with van der Waals surface area (Å²) in [5.41, 5.74) is 0. The van der Waals surface area contributed by atoms with Crippen LogP contribution in [0.15, 0.2) is 0 Å². The Bertz CT molecular complexity index is 162. The maximum atomic E-state index is 11.5. The maximum Gasteiger partial charge on any atom is 0.222 e. The molecule has 0 fully saturated rings. The Morgan fingerprint density at radius 2 is 2.00 bits per heavy atom. The molecule has 0 aliphatic rings. The minimum atomic E-state index is 0.177. The number of hydrogen-bond donors (Lipinski definition) is 1. The van der Waals surface area contributed by atoms with Crippen LogP contribution in [-0.2, 0) is 9.53 Å². The average molecular weight is 217 g/mol. The zero-order valence-electron chi connectivity index (χ0n) is 9.87. The van der Waals surface area contributed by atoms with Gasteiger partial charge in [0.15, 0.2) is 0 Å². The van der Waals surface area contributed by atoms with Crippen molar-refractivity contribution in [1.29, 1.82) is 0 Å². The lowest BCUT2D eigenvalue weighted by Gasteiger charge is -2.16. The molecular weight excluding hydrogens is 194 g/mol. The van der Waals surface area contributed by atoms with E-state index in [-0.39, 0.29) is 12.5 Å². The van der Waals surface area contributed by atoms with Gasteiger partial charge in [0.2, 0.25) is 5.91 Å². The van der Waals surface area contributed by atoms with Gasteiger partial charge >= 0.3 is 0 Å². The van der Waals surface area contributed by atoms with Crippen LogP contribution in [0.25, 0.3) is 0 Å². The number of ether oxygens (including phenoxy) is 1. The lowest BCUT2D eigenvalue weighted by molar-refractivity contribution is -0.130. The normalized spacial score (nSPS) is 10.3. The van der Waals surface area contributed by atoms with Crippen LogP contribution in [0, 0.1) is 0 Å². The van der Waals surface area contributed by atoms with Crippen molar-refractivity contribution in [3.05, 3.63) is 0 Å². The minimum Gasteiger partial charge on any atom is -0.396 e. The molecule has 15 heavy (non-hydrogen) atoms. The lowest BCUT2D eigenvalue weighted by atomic mass is 10.2. The number of unbranched alkanes of at least 4 members (excludes halogenated alkanes) is 2. The molecule has 4 heteroatoms. The topological polar surface area (TPSA) is 49.8 Å². The van der Waals surface area contributed by atoms with Gasteiger partial charge in [0.1, 0.15) is 0 Å². The molecule has 4 nitrogen and oxygen atoms in total. The van der Waals surface area contributed by atoms with Crippen molar-refractivity contribution in [3.63, 3.8) is 0 Å². The van der Waals surface area contributed by atoms with Crippen molar-refractivity contribution in [2.45, 2.75) is 32.1 Å². The molecule has 1 N–H and O–H groups in total. The van der Waals surface area contributed by atoms with E-state index in [1.54, 1.807) is 12.0 Å². The summed E-state index contributed by atoms with van der Waals surface area (Å²) >= 11 is 0. The van der Waals surface area contributed by atoms with Crippen LogP contribution >= 0.6 is 0 Å². The molecule has 0 spiro atoms. The highest BCUT2D eigenvalue weighted by Gasteiger charge is 2.07. The van der Waals surface area contributed by atoms with Gasteiger partial charge in [0.05, 0.1) is 0 Å². The van der Waals surface area contributed by atoms with Gasteiger partial charge in [0.25, 0.3) is 0 Å². The van der Waals surface area contributed by atoms with Gasteiger partial charge in [-0.2, -0.15) is 0 Å². The zero-order valence-corrected chi connectivity index (χ0v) is 9.87. The van der Waals surface area contributed by atoms with Crippen molar-refractivity contribution in [3.8, 4) is 0 Å². The predicted molar refractivity (Wildman–Crippen MR) is 59.7 cm³/mol. The van der Waals surface area contributed by atoms with Gasteiger partial charge in [-0.05, 0) is 25.7 Å². The predicted octanol–water partition coefficient (Wildman–Crippen LogP) is 1.03. The Balaban J connectivity index is 3.42. The summed E-state index contributed by atoms with van der Waals surface area (Å²) in [5, 5.41) is 8.59. The summed E-state index contributed by atoms with van der Waals surface area (Å²) in [6, 6.07) is 0. The van der Waals surface area contributed by atoms with E-state index in [1.807, 2.05) is 7.05 Å². The Labute approximate surface area is 92.2 Å². The third-order valence-electron chi connectivity index (χ3n) is 2.32. The molecule has 0 unspecified atom stereocenters. The van der Waals surface area contributed by atoms with Crippen molar-refractivity contribution >= 4 is 5.91 Å². The molecule has 0 aromatic carbocycles. The summed E-state index contributed by atoms with van der Waals surface area (Å²) < 4.78 is 4.89. The fourth-order valence-corrected chi connectivity index (χ4v) is 1.32. The number of methoxy groups -OCH3 is 1. The SMILES string of the molecule is COCCCC(=O)N(C)CCCCCO. The monoisotopic (exact) mass is 217 g/mol. The third kappa shape index (κ3) is 8.39. The van der Waals surface area contributed by atoms with Crippen molar-refractivity contribution in [2.24, 2.45) is 0 Å². The molecule has 0 aliphatic heterocycles. The number of hydrogen-bond acceptors (Lipinski definition) is 3. The second-order valence-corrected chi connectivity index (χ2v) is 3.70. The number of carbonyl (C=O) groups is 1. The third-order valence-corrected chi connectivity index (χ3v) is 2.32. The van der Waals surface area contributed by atoms with Gasteiger partial charge in [-0.15, -0.1) is 0 Å². The molecule has 0 rings (SSSR count). The van der Waals surface area contributed by atoms with E-state index in [0.717, 1.165) is 32.2 Å². The zero-order chi connectivity index (χ0) is 11.5. The molecule has 0 radical (unpaired) electrons. The smallest absolute Gasteiger partial charge is 0.222 e. The summed E-state index contributed by atoms with van der Waals surface area (Å²) in [4.78, 5) is 13.3. The van der Waals surface area contributed by atoms with E-state index in [1.165, 1.54) is 0 Å². The molecule has 0 bridgehead atoms. The van der Waals surface area contributed by atoms with Gasteiger partial charge < -0.3 is 14.7 Å². The molecule has 0 aromatic rings. The molecular formula is C11H23NO3. The summed E-state index contributed by atoms with van der Waals surface area (Å²) in [5.74, 6) is 0.177. The van der Waals surface area contributed by atoms with E-state index >= 15 is 0 Å². The molecule has 0 atom stereocenters. The molecule has 0 saturated carbocycles. The Hall–Kier alpha value is -0.610. The standard InChI is InChI=1S/C11H23NO3/c1-12(8-4-3-5-9-13)11(14)7-6-10-15-2/h13H,3-10H2,1-2H3. The van der Waals surface area contributed by atoms with Crippen LogP contribution in [0.4, 0.5) is 0 Å². The van der Waals surface area contributed by atoms with E-state index in [9.17, 15) is 4.79 Å². The Morgan fingerprint density at radius 1 is 1.27 bits per heavy atom. The first-order valence-electron chi connectivity index (χ1n) is 5.56. The van der Waals surface area contributed by atoms with Crippen LogP contribution < -0.4 is 0 Å². The molecule has 0 aliphatic carbocycles. The number of nitrogens with zero attached hydrogens (tertiary/aromatic N) is 1. The van der Waals surface area contributed by atoms with Crippen LogP contribution in [0.2, 0.25) is 0 Å². The Morgan fingerprint density at radius 3 is 2.60 bits per heavy atom. The second kappa shape index (κ2) is 9.93. The van der Waals surface area contributed by atoms with Crippen molar-refractivity contribution < 1.29 is 14.6 Å². The molecule has 0 heterocycles. The highest BCUT2D eigenvalue weighted by atomic mass is 16.5. The summed E-state index contributed by atoms with van der Waals surface area (Å²) in [6.45, 7) is 1.67. The van der Waals surface area contributed by atoms with Gasteiger partial charge in [-0.1, -0.05) is 0 Å². The second-order valence-electron chi connectivity index (χ2n) is 3.70. The maximum absolute atomic E-state index is 11.5. The summed E-state index contributed by atoms with van der Waals surface area (Å²) in [7, 11) is 3.47. The van der Waals surface area contributed by atoms with Crippen LogP contribution in [0.1, 0.15) is 32.1 Å². The largest absolute Gasteiger partial charge is 0.396 e. The fourth-order valence-electron chi connectivity index (χ4n) is 1.32. The first-order valence-corrected chi connectivity index (χ1v) is 5.56. The van der Waals surface area contributed by atoms with E-state index < -0.39 is 0 Å². The number of aliphatic hydroxyl groups excluding tert-OH is 1. The van der Waals surface area contributed by atoms with E-state index in [4.69, 9.17) is 9.84 Å². The van der Waals surface area contributed by atoms with Crippen LogP contribution in [0.3, 0.4) is 0 Å². The van der Waals surface area contributed by atoms with Crippen molar-refractivity contribution in [1.82, 2.24) is 4.90 Å². The lowest BCUT2D eigenvalue weighted by Crippen LogP contribution is -2.27. The van der Waals surface area contributed by atoms with Gasteiger partial charge in [0, 0.05) is 40.3 Å². The summed E-state index contributed by atoms with van der Waals surface area (Å²) in [6.07, 6.45) is 4.12. The number of rotatable bonds is 9. The van der Waals surface area contributed by atoms with E-state index in [2.05, 4.69) is 0 Å². The minimum absolute atomic E-state index is 0.177. The average Bonchev–Trinajstić information content (AvgIpc) is 2.24. The first-order chi connectivity index (χ1) is 7.22. The first kappa shape index (κ1) is 14.4. The fraction of sp³-hybridized carbons (Fsp3) is 0.909. The van der Waals surface area contributed by atoms with Gasteiger partial charge in [-0.25, -0.2) is 0 Å². The highest BCUT2D eigenvalue weighted by Crippen LogP contribution is 2.00. The van der Waals surface area contributed by atoms with Crippen molar-refractivity contribution in [2.75, 3.05) is 33.9 Å².